The number of halogens is 5. The largest absolute Gasteiger partial charge is 0.435 e. The number of hydrogen-bond donors (Lipinski definition) is 3. The van der Waals surface area contributed by atoms with Crippen molar-refractivity contribution >= 4 is 34.8 Å². The Balaban J connectivity index is 1.44. The first-order valence-corrected chi connectivity index (χ1v) is 11.9. The van der Waals surface area contributed by atoms with E-state index in [2.05, 4.69) is 15.4 Å². The molecular weight excluding hydrogens is 534 g/mol. The summed E-state index contributed by atoms with van der Waals surface area (Å²) in [6.45, 7) is -0.0787. The first-order valence-electron chi connectivity index (χ1n) is 11.2. The minimum absolute atomic E-state index is 0.136. The molecule has 8 nitrogen and oxygen atoms in total. The molecule has 1 unspecified atom stereocenters. The van der Waals surface area contributed by atoms with Gasteiger partial charge in [-0.3, -0.25) is 4.98 Å². The molecule has 0 fully saturated rings. The quantitative estimate of drug-likeness (QED) is 0.412. The number of benzene rings is 1. The fraction of sp³-hybridized carbons (Fsp3) is 0.292. The molecule has 2 aromatic heterocycles. The first kappa shape index (κ1) is 26.9. The number of pyridine rings is 1. The lowest BCUT2D eigenvalue weighted by Gasteiger charge is -2.27. The van der Waals surface area contributed by atoms with E-state index in [1.807, 2.05) is 0 Å². The molecule has 3 N–H and O–H groups in total. The van der Waals surface area contributed by atoms with Crippen molar-refractivity contribution in [1.82, 2.24) is 25.0 Å². The summed E-state index contributed by atoms with van der Waals surface area (Å²) in [5.74, 6) is 0. The highest BCUT2D eigenvalue weighted by Gasteiger charge is 2.35. The van der Waals surface area contributed by atoms with Crippen LogP contribution in [0.4, 0.5) is 18.0 Å². The maximum Gasteiger partial charge on any atom is 0.435 e. The Morgan fingerprint density at radius 3 is 2.62 bits per heavy atom. The molecule has 0 bridgehead atoms. The van der Waals surface area contributed by atoms with Crippen LogP contribution in [0.25, 0.3) is 11.3 Å². The Hall–Kier alpha value is -3.12. The number of nitrogens with one attached hydrogen (secondary N) is 1. The molecule has 196 valence electrons. The highest BCUT2D eigenvalue weighted by atomic mass is 35.5. The van der Waals surface area contributed by atoms with Crippen LogP contribution in [0.15, 0.2) is 48.7 Å². The van der Waals surface area contributed by atoms with Crippen LogP contribution in [0.5, 0.6) is 0 Å². The SMILES string of the molecule is O=C(NCc1cc(C(F)(F)F)nn1-c1cccc(Cl)c1)N1CC=C(c2ncc(C(O)CO)cc2Cl)CC1. The zero-order chi connectivity index (χ0) is 26.7. The maximum atomic E-state index is 13.3. The molecule has 0 saturated heterocycles. The number of aromatic nitrogens is 3. The van der Waals surface area contributed by atoms with Crippen molar-refractivity contribution in [2.75, 3.05) is 19.7 Å². The molecule has 0 aliphatic carbocycles. The van der Waals surface area contributed by atoms with Crippen molar-refractivity contribution in [3.05, 3.63) is 81.4 Å². The van der Waals surface area contributed by atoms with Crippen LogP contribution >= 0.6 is 23.2 Å². The van der Waals surface area contributed by atoms with E-state index in [0.717, 1.165) is 16.3 Å². The number of alkyl halides is 3. The van der Waals surface area contributed by atoms with Gasteiger partial charge in [0, 0.05) is 29.9 Å². The zero-order valence-corrected chi connectivity index (χ0v) is 20.7. The third-order valence-corrected chi connectivity index (χ3v) is 6.29. The summed E-state index contributed by atoms with van der Waals surface area (Å²) < 4.78 is 41.0. The highest BCUT2D eigenvalue weighted by molar-refractivity contribution is 6.32. The number of hydrogen-bond acceptors (Lipinski definition) is 5. The van der Waals surface area contributed by atoms with Gasteiger partial charge in [0.1, 0.15) is 6.10 Å². The molecule has 0 spiro atoms. The van der Waals surface area contributed by atoms with Crippen molar-refractivity contribution in [1.29, 1.82) is 0 Å². The van der Waals surface area contributed by atoms with Crippen molar-refractivity contribution in [3.63, 3.8) is 0 Å². The second-order valence-electron chi connectivity index (χ2n) is 8.29. The van der Waals surface area contributed by atoms with Gasteiger partial charge in [-0.05, 0) is 42.3 Å². The van der Waals surface area contributed by atoms with Gasteiger partial charge in [0.05, 0.1) is 35.2 Å². The average Bonchev–Trinajstić information content (AvgIpc) is 3.32. The molecule has 3 aromatic rings. The number of aliphatic hydroxyl groups is 2. The van der Waals surface area contributed by atoms with Crippen LogP contribution in [0.3, 0.4) is 0 Å². The van der Waals surface area contributed by atoms with Crippen molar-refractivity contribution < 1.29 is 28.2 Å². The molecule has 13 heteroatoms. The highest BCUT2D eigenvalue weighted by Crippen LogP contribution is 2.31. The van der Waals surface area contributed by atoms with Gasteiger partial charge in [-0.2, -0.15) is 18.3 Å². The summed E-state index contributed by atoms with van der Waals surface area (Å²) >= 11 is 12.3. The number of aliphatic hydroxyl groups excluding tert-OH is 2. The Bertz CT molecular complexity index is 1330. The smallest absolute Gasteiger partial charge is 0.393 e. The van der Waals surface area contributed by atoms with Crippen LogP contribution in [-0.4, -0.2) is 55.6 Å². The molecular formula is C24H22Cl2F3N5O3. The molecule has 1 aromatic carbocycles. The fourth-order valence-corrected chi connectivity index (χ4v) is 4.32. The number of nitrogens with zero attached hydrogens (tertiary/aromatic N) is 4. The predicted octanol–water partition coefficient (Wildman–Crippen LogP) is 4.62. The Morgan fingerprint density at radius 1 is 1.22 bits per heavy atom. The molecule has 1 aliphatic rings. The van der Waals surface area contributed by atoms with Crippen LogP contribution in [0, 0.1) is 0 Å². The molecule has 0 saturated carbocycles. The molecule has 1 aliphatic heterocycles. The predicted molar refractivity (Wildman–Crippen MR) is 131 cm³/mol. The minimum atomic E-state index is -4.65. The van der Waals surface area contributed by atoms with Crippen LogP contribution < -0.4 is 5.32 Å². The van der Waals surface area contributed by atoms with E-state index >= 15 is 0 Å². The van der Waals surface area contributed by atoms with E-state index in [0.29, 0.717) is 40.0 Å². The van der Waals surface area contributed by atoms with Gasteiger partial charge in [0.15, 0.2) is 5.69 Å². The molecule has 4 rings (SSSR count). The van der Waals surface area contributed by atoms with Crippen LogP contribution in [0.1, 0.15) is 35.2 Å². The molecule has 2 amide bonds. The molecule has 1 atom stereocenters. The standard InChI is InChI=1S/C24H22Cl2F3N5O3/c25-16-2-1-3-17(9-16)34-18(10-21(32-34)24(27,28)29)12-31-23(37)33-6-4-14(5-7-33)22-19(26)8-15(11-30-22)20(36)13-35/h1-4,8-11,20,35-36H,5-7,12-13H2,(H,31,37). The van der Waals surface area contributed by atoms with E-state index in [4.69, 9.17) is 28.3 Å². The lowest BCUT2D eigenvalue weighted by Crippen LogP contribution is -2.42. The topological polar surface area (TPSA) is 104 Å². The van der Waals surface area contributed by atoms with Crippen LogP contribution in [-0.2, 0) is 12.7 Å². The lowest BCUT2D eigenvalue weighted by atomic mass is 10.0. The minimum Gasteiger partial charge on any atom is -0.393 e. The van der Waals surface area contributed by atoms with Crippen molar-refractivity contribution in [3.8, 4) is 5.69 Å². The zero-order valence-electron chi connectivity index (χ0n) is 19.2. The summed E-state index contributed by atoms with van der Waals surface area (Å²) in [6.07, 6.45) is -2.07. The second-order valence-corrected chi connectivity index (χ2v) is 9.14. The number of carbonyl (C=O) groups excluding carboxylic acids is 1. The average molecular weight is 556 g/mol. The van der Waals surface area contributed by atoms with Gasteiger partial charge >= 0.3 is 12.2 Å². The number of rotatable bonds is 6. The van der Waals surface area contributed by atoms with E-state index in [9.17, 15) is 23.1 Å². The Labute approximate surface area is 219 Å². The van der Waals surface area contributed by atoms with E-state index in [1.165, 1.54) is 23.2 Å². The third-order valence-electron chi connectivity index (χ3n) is 5.77. The maximum absolute atomic E-state index is 13.3. The number of urea groups is 1. The van der Waals surface area contributed by atoms with E-state index < -0.39 is 30.6 Å². The third kappa shape index (κ3) is 6.24. The first-order chi connectivity index (χ1) is 17.6. The monoisotopic (exact) mass is 555 g/mol. The van der Waals surface area contributed by atoms with Gasteiger partial charge in [0.25, 0.3) is 0 Å². The Morgan fingerprint density at radius 2 is 2.00 bits per heavy atom. The summed E-state index contributed by atoms with van der Waals surface area (Å²) in [4.78, 5) is 18.5. The van der Waals surface area contributed by atoms with Crippen molar-refractivity contribution in [2.24, 2.45) is 0 Å². The number of amides is 2. The summed E-state index contributed by atoms with van der Waals surface area (Å²) in [6, 6.07) is 8.20. The lowest BCUT2D eigenvalue weighted by molar-refractivity contribution is -0.141. The fourth-order valence-electron chi connectivity index (χ4n) is 3.84. The summed E-state index contributed by atoms with van der Waals surface area (Å²) in [5.41, 5.74) is 1.11. The van der Waals surface area contributed by atoms with Gasteiger partial charge in [0.2, 0.25) is 0 Å². The Kier molecular flexibility index (Phi) is 8.08. The normalized spacial score (nSPS) is 14.9. The second kappa shape index (κ2) is 11.1. The summed E-state index contributed by atoms with van der Waals surface area (Å²) in [7, 11) is 0. The van der Waals surface area contributed by atoms with Gasteiger partial charge in [-0.1, -0.05) is 35.3 Å². The van der Waals surface area contributed by atoms with Crippen LogP contribution in [0.2, 0.25) is 10.0 Å². The summed E-state index contributed by atoms with van der Waals surface area (Å²) in [5, 5.41) is 25.8. The van der Waals surface area contributed by atoms with Crippen molar-refractivity contribution in [2.45, 2.75) is 25.2 Å². The van der Waals surface area contributed by atoms with Gasteiger partial charge < -0.3 is 20.4 Å². The molecule has 3 heterocycles. The molecule has 37 heavy (non-hydrogen) atoms. The molecule has 0 radical (unpaired) electrons. The van der Waals surface area contributed by atoms with Gasteiger partial charge in [-0.25, -0.2) is 9.48 Å². The van der Waals surface area contributed by atoms with E-state index in [1.54, 1.807) is 24.3 Å². The number of carbonyl (C=O) groups is 1. The van der Waals surface area contributed by atoms with E-state index in [-0.39, 0.29) is 18.8 Å². The van der Waals surface area contributed by atoms with Gasteiger partial charge in [-0.15, -0.1) is 0 Å².